The number of nitrogens with one attached hydrogen (secondary N) is 2. The number of rotatable bonds is 5. The van der Waals surface area contributed by atoms with E-state index in [0.29, 0.717) is 10.0 Å². The van der Waals surface area contributed by atoms with Gasteiger partial charge in [0.15, 0.2) is 0 Å². The number of aromatic amines is 1. The summed E-state index contributed by atoms with van der Waals surface area (Å²) in [4.78, 5) is 7.22. The highest BCUT2D eigenvalue weighted by Crippen LogP contribution is 2.22. The Morgan fingerprint density at radius 3 is 2.82 bits per heavy atom. The Bertz CT molecular complexity index is 469. The van der Waals surface area contributed by atoms with Crippen molar-refractivity contribution >= 4 is 23.2 Å². The normalized spacial score (nSPS) is 10.7. The number of hydrogen-bond donors (Lipinski definition) is 2. The molecule has 90 valence electrons. The maximum absolute atomic E-state index is 5.93. The predicted molar refractivity (Wildman–Crippen MR) is 70.5 cm³/mol. The fourth-order valence-electron chi connectivity index (χ4n) is 1.52. The van der Waals surface area contributed by atoms with E-state index in [1.54, 1.807) is 6.20 Å². The molecule has 2 rings (SSSR count). The average Bonchev–Trinajstić information content (AvgIpc) is 2.82. The fourth-order valence-corrected chi connectivity index (χ4v) is 1.84. The Balaban J connectivity index is 1.76. The van der Waals surface area contributed by atoms with Crippen LogP contribution in [0.2, 0.25) is 10.0 Å². The number of nitrogens with zero attached hydrogens (tertiary/aromatic N) is 1. The molecule has 0 radical (unpaired) electrons. The largest absolute Gasteiger partial charge is 0.349 e. The molecule has 5 heteroatoms. The highest BCUT2D eigenvalue weighted by molar-refractivity contribution is 6.42. The average molecular weight is 270 g/mol. The zero-order valence-electron chi connectivity index (χ0n) is 9.21. The van der Waals surface area contributed by atoms with Crippen LogP contribution in [0.5, 0.6) is 0 Å². The summed E-state index contributed by atoms with van der Waals surface area (Å²) in [6, 6.07) is 5.66. The molecule has 1 heterocycles. The molecule has 0 aliphatic heterocycles. The number of halogens is 2. The van der Waals surface area contributed by atoms with Crippen molar-refractivity contribution in [2.75, 3.05) is 6.54 Å². The molecule has 0 aliphatic rings. The Hall–Kier alpha value is -1.03. The van der Waals surface area contributed by atoms with E-state index in [1.165, 1.54) is 0 Å². The first-order valence-corrected chi connectivity index (χ1v) is 6.14. The third-order valence-corrected chi connectivity index (χ3v) is 3.15. The van der Waals surface area contributed by atoms with Crippen LogP contribution in [-0.4, -0.2) is 16.5 Å². The van der Waals surface area contributed by atoms with Gasteiger partial charge in [0.2, 0.25) is 0 Å². The lowest BCUT2D eigenvalue weighted by Gasteiger charge is -2.05. The van der Waals surface area contributed by atoms with E-state index < -0.39 is 0 Å². The van der Waals surface area contributed by atoms with Crippen molar-refractivity contribution in [3.8, 4) is 0 Å². The lowest BCUT2D eigenvalue weighted by Crippen LogP contribution is -2.17. The molecule has 0 fully saturated rings. The van der Waals surface area contributed by atoms with Crippen molar-refractivity contribution in [3.05, 3.63) is 52.0 Å². The van der Waals surface area contributed by atoms with Crippen LogP contribution >= 0.6 is 23.2 Å². The lowest BCUT2D eigenvalue weighted by atomic mass is 10.2. The van der Waals surface area contributed by atoms with Crippen LogP contribution in [0, 0.1) is 0 Å². The van der Waals surface area contributed by atoms with Gasteiger partial charge in [-0.25, -0.2) is 4.98 Å². The van der Waals surface area contributed by atoms with Crippen LogP contribution < -0.4 is 5.32 Å². The zero-order valence-corrected chi connectivity index (χ0v) is 10.7. The van der Waals surface area contributed by atoms with E-state index in [0.717, 1.165) is 30.9 Å². The van der Waals surface area contributed by atoms with Gasteiger partial charge in [-0.15, -0.1) is 0 Å². The molecule has 0 unspecified atom stereocenters. The van der Waals surface area contributed by atoms with E-state index in [9.17, 15) is 0 Å². The lowest BCUT2D eigenvalue weighted by molar-refractivity contribution is 0.674. The molecule has 2 aromatic rings. The molecule has 0 atom stereocenters. The minimum atomic E-state index is 0.589. The first kappa shape index (κ1) is 12.4. The van der Waals surface area contributed by atoms with Crippen LogP contribution in [0.25, 0.3) is 0 Å². The van der Waals surface area contributed by atoms with Gasteiger partial charge in [-0.05, 0) is 17.7 Å². The molecule has 0 amide bonds. The van der Waals surface area contributed by atoms with E-state index in [1.807, 2.05) is 24.4 Å². The second-order valence-electron chi connectivity index (χ2n) is 3.71. The fraction of sp³-hybridized carbons (Fsp3) is 0.250. The first-order valence-electron chi connectivity index (χ1n) is 5.38. The molecule has 2 N–H and O–H groups in total. The number of aromatic nitrogens is 2. The summed E-state index contributed by atoms with van der Waals surface area (Å²) in [6.45, 7) is 1.64. The van der Waals surface area contributed by atoms with E-state index in [2.05, 4.69) is 15.3 Å². The summed E-state index contributed by atoms with van der Waals surface area (Å²) < 4.78 is 0. The van der Waals surface area contributed by atoms with Gasteiger partial charge in [-0.2, -0.15) is 0 Å². The third kappa shape index (κ3) is 3.73. The zero-order chi connectivity index (χ0) is 12.1. The molecule has 0 spiro atoms. The smallest absolute Gasteiger partial charge is 0.107 e. The molecule has 0 saturated heterocycles. The minimum absolute atomic E-state index is 0.589. The standard InChI is InChI=1S/C12H13Cl2N3/c13-10-2-1-9(7-11(10)14)8-15-4-3-12-16-5-6-17-12/h1-2,5-7,15H,3-4,8H2,(H,16,17). The summed E-state index contributed by atoms with van der Waals surface area (Å²) in [7, 11) is 0. The van der Waals surface area contributed by atoms with Crippen LogP contribution in [0.4, 0.5) is 0 Å². The molecular formula is C12H13Cl2N3. The Morgan fingerprint density at radius 1 is 1.24 bits per heavy atom. The molecular weight excluding hydrogens is 257 g/mol. The molecule has 1 aromatic carbocycles. The summed E-state index contributed by atoms with van der Waals surface area (Å²) in [5, 5.41) is 4.51. The summed E-state index contributed by atoms with van der Waals surface area (Å²) in [6.07, 6.45) is 4.47. The molecule has 1 aromatic heterocycles. The van der Waals surface area contributed by atoms with Crippen LogP contribution in [0.15, 0.2) is 30.6 Å². The van der Waals surface area contributed by atoms with Gasteiger partial charge >= 0.3 is 0 Å². The van der Waals surface area contributed by atoms with E-state index in [4.69, 9.17) is 23.2 Å². The third-order valence-electron chi connectivity index (χ3n) is 2.41. The monoisotopic (exact) mass is 269 g/mol. The van der Waals surface area contributed by atoms with Crippen molar-refractivity contribution < 1.29 is 0 Å². The van der Waals surface area contributed by atoms with Gasteiger partial charge in [-0.3, -0.25) is 0 Å². The molecule has 17 heavy (non-hydrogen) atoms. The van der Waals surface area contributed by atoms with Gasteiger partial charge in [-0.1, -0.05) is 29.3 Å². The number of hydrogen-bond acceptors (Lipinski definition) is 2. The van der Waals surface area contributed by atoms with Crippen molar-refractivity contribution in [2.24, 2.45) is 0 Å². The van der Waals surface area contributed by atoms with Crippen LogP contribution in [0.1, 0.15) is 11.4 Å². The van der Waals surface area contributed by atoms with E-state index >= 15 is 0 Å². The Kier molecular flexibility index (Phi) is 4.42. The summed E-state index contributed by atoms with van der Waals surface area (Å²) >= 11 is 11.8. The quantitative estimate of drug-likeness (QED) is 0.820. The van der Waals surface area contributed by atoms with Crippen molar-refractivity contribution in [2.45, 2.75) is 13.0 Å². The van der Waals surface area contributed by atoms with Crippen molar-refractivity contribution in [1.29, 1.82) is 0 Å². The van der Waals surface area contributed by atoms with Gasteiger partial charge in [0.25, 0.3) is 0 Å². The SMILES string of the molecule is Clc1ccc(CNCCc2ncc[nH]2)cc1Cl. The Labute approximate surface area is 110 Å². The molecule has 0 aliphatic carbocycles. The van der Waals surface area contributed by atoms with E-state index in [-0.39, 0.29) is 0 Å². The molecule has 3 nitrogen and oxygen atoms in total. The van der Waals surface area contributed by atoms with Crippen molar-refractivity contribution in [1.82, 2.24) is 15.3 Å². The first-order chi connectivity index (χ1) is 8.25. The van der Waals surface area contributed by atoms with Gasteiger partial charge in [0.05, 0.1) is 10.0 Å². The minimum Gasteiger partial charge on any atom is -0.349 e. The van der Waals surface area contributed by atoms with Gasteiger partial charge in [0, 0.05) is 31.9 Å². The number of benzene rings is 1. The van der Waals surface area contributed by atoms with Gasteiger partial charge in [0.1, 0.15) is 5.82 Å². The predicted octanol–water partition coefficient (Wildman–Crippen LogP) is 3.05. The molecule has 0 bridgehead atoms. The maximum atomic E-state index is 5.93. The van der Waals surface area contributed by atoms with Gasteiger partial charge < -0.3 is 10.3 Å². The van der Waals surface area contributed by atoms with Crippen LogP contribution in [0.3, 0.4) is 0 Å². The Morgan fingerprint density at radius 2 is 2.12 bits per heavy atom. The highest BCUT2D eigenvalue weighted by atomic mass is 35.5. The highest BCUT2D eigenvalue weighted by Gasteiger charge is 1.99. The summed E-state index contributed by atoms with van der Waals surface area (Å²) in [5.74, 6) is 0.992. The maximum Gasteiger partial charge on any atom is 0.107 e. The van der Waals surface area contributed by atoms with Crippen LogP contribution in [-0.2, 0) is 13.0 Å². The molecule has 0 saturated carbocycles. The number of imidazole rings is 1. The second kappa shape index (κ2) is 6.05. The number of H-pyrrole nitrogens is 1. The second-order valence-corrected chi connectivity index (χ2v) is 4.53. The summed E-state index contributed by atoms with van der Waals surface area (Å²) in [5.41, 5.74) is 1.12. The van der Waals surface area contributed by atoms with Crippen molar-refractivity contribution in [3.63, 3.8) is 0 Å². The topological polar surface area (TPSA) is 40.7 Å².